The molecule has 0 fully saturated rings. The Kier molecular flexibility index (Phi) is 4.49. The van der Waals surface area contributed by atoms with E-state index in [2.05, 4.69) is 18.2 Å². The summed E-state index contributed by atoms with van der Waals surface area (Å²) in [4.78, 5) is 15.1. The first-order chi connectivity index (χ1) is 11.1. The van der Waals surface area contributed by atoms with E-state index in [1.54, 1.807) is 0 Å². The number of rotatable bonds is 2. The van der Waals surface area contributed by atoms with Gasteiger partial charge in [-0.05, 0) is 73.6 Å². The number of nitrogens with two attached hydrogens (primary N) is 1. The molecule has 0 atom stereocenters. The average molecular weight is 308 g/mol. The van der Waals surface area contributed by atoms with Gasteiger partial charge >= 0.3 is 0 Å². The fourth-order valence-electron chi connectivity index (χ4n) is 3.50. The summed E-state index contributed by atoms with van der Waals surface area (Å²) in [6, 6.07) is 12.2. The van der Waals surface area contributed by atoms with Crippen LogP contribution in [-0.4, -0.2) is 12.5 Å². The van der Waals surface area contributed by atoms with Gasteiger partial charge in [0.2, 0.25) is 0 Å². The van der Waals surface area contributed by atoms with Crippen LogP contribution in [0.4, 0.5) is 5.69 Å². The van der Waals surface area contributed by atoms with Crippen molar-refractivity contribution >= 4 is 11.6 Å². The fourth-order valence-corrected chi connectivity index (χ4v) is 3.50. The normalized spacial score (nSPS) is 14.3. The van der Waals surface area contributed by atoms with Crippen LogP contribution in [0.25, 0.3) is 0 Å². The molecule has 3 heteroatoms. The van der Waals surface area contributed by atoms with Gasteiger partial charge in [0.25, 0.3) is 5.91 Å². The number of hydrogen-bond donors (Lipinski definition) is 1. The van der Waals surface area contributed by atoms with Gasteiger partial charge in [0.05, 0.1) is 0 Å². The van der Waals surface area contributed by atoms with Crippen molar-refractivity contribution in [2.24, 2.45) is 5.73 Å². The second-order valence-corrected chi connectivity index (χ2v) is 6.34. The number of para-hydroxylation sites is 1. The molecule has 2 N–H and O–H groups in total. The monoisotopic (exact) mass is 308 g/mol. The Morgan fingerprint density at radius 2 is 1.83 bits per heavy atom. The van der Waals surface area contributed by atoms with E-state index < -0.39 is 0 Å². The average Bonchev–Trinajstić information content (AvgIpc) is 2.76. The van der Waals surface area contributed by atoms with E-state index in [0.29, 0.717) is 6.54 Å². The van der Waals surface area contributed by atoms with Crippen molar-refractivity contribution < 1.29 is 4.79 Å². The lowest BCUT2D eigenvalue weighted by molar-refractivity contribution is 0.0987. The zero-order chi connectivity index (χ0) is 16.4. The molecule has 2 aromatic rings. The Hall–Kier alpha value is -2.13. The van der Waals surface area contributed by atoms with Crippen LogP contribution in [-0.2, 0) is 13.0 Å². The van der Waals surface area contributed by atoms with Crippen molar-refractivity contribution in [3.05, 3.63) is 64.2 Å². The molecule has 0 unspecified atom stereocenters. The topological polar surface area (TPSA) is 46.3 Å². The number of anilines is 1. The summed E-state index contributed by atoms with van der Waals surface area (Å²) in [6.45, 7) is 5.36. The lowest BCUT2D eigenvalue weighted by atomic mass is 9.98. The number of aryl methyl sites for hydroxylation is 3. The van der Waals surface area contributed by atoms with Crippen LogP contribution in [0, 0.1) is 13.8 Å². The van der Waals surface area contributed by atoms with E-state index in [4.69, 9.17) is 5.73 Å². The van der Waals surface area contributed by atoms with E-state index in [9.17, 15) is 4.79 Å². The Morgan fingerprint density at radius 1 is 1.13 bits per heavy atom. The molecule has 0 aliphatic carbocycles. The Balaban J connectivity index is 2.00. The summed E-state index contributed by atoms with van der Waals surface area (Å²) in [6.07, 6.45) is 3.22. The minimum Gasteiger partial charge on any atom is -0.326 e. The van der Waals surface area contributed by atoms with Crippen molar-refractivity contribution in [2.45, 2.75) is 39.7 Å². The molecule has 1 aliphatic rings. The third kappa shape index (κ3) is 3.02. The van der Waals surface area contributed by atoms with Crippen LogP contribution in [0.1, 0.15) is 45.5 Å². The SMILES string of the molecule is Cc1cc(C(=O)N2CCCCc3ccccc32)cc(C)c1CN. The van der Waals surface area contributed by atoms with Gasteiger partial charge in [0.1, 0.15) is 0 Å². The molecule has 0 aromatic heterocycles. The van der Waals surface area contributed by atoms with Crippen molar-refractivity contribution in [3.8, 4) is 0 Å². The molecule has 0 saturated heterocycles. The Morgan fingerprint density at radius 3 is 2.52 bits per heavy atom. The molecule has 1 amide bonds. The molecular formula is C20H24N2O. The van der Waals surface area contributed by atoms with E-state index in [0.717, 1.165) is 53.7 Å². The first-order valence-electron chi connectivity index (χ1n) is 8.31. The minimum atomic E-state index is 0.0918. The van der Waals surface area contributed by atoms with Crippen molar-refractivity contribution in [3.63, 3.8) is 0 Å². The highest BCUT2D eigenvalue weighted by atomic mass is 16.2. The summed E-state index contributed by atoms with van der Waals surface area (Å²) < 4.78 is 0. The van der Waals surface area contributed by atoms with Gasteiger partial charge in [-0.2, -0.15) is 0 Å². The lowest BCUT2D eigenvalue weighted by Gasteiger charge is -2.24. The minimum absolute atomic E-state index is 0.0918. The second-order valence-electron chi connectivity index (χ2n) is 6.34. The largest absolute Gasteiger partial charge is 0.326 e. The maximum absolute atomic E-state index is 13.1. The highest BCUT2D eigenvalue weighted by Crippen LogP contribution is 2.28. The zero-order valence-electron chi connectivity index (χ0n) is 13.9. The smallest absolute Gasteiger partial charge is 0.258 e. The quantitative estimate of drug-likeness (QED) is 0.918. The van der Waals surface area contributed by atoms with Crippen LogP contribution >= 0.6 is 0 Å². The molecule has 0 bridgehead atoms. The maximum Gasteiger partial charge on any atom is 0.258 e. The van der Waals surface area contributed by atoms with Gasteiger partial charge < -0.3 is 10.6 Å². The van der Waals surface area contributed by atoms with E-state index in [-0.39, 0.29) is 5.91 Å². The fraction of sp³-hybridized carbons (Fsp3) is 0.350. The number of hydrogen-bond acceptors (Lipinski definition) is 2. The number of fused-ring (bicyclic) bond motifs is 1. The molecule has 1 aliphatic heterocycles. The molecule has 120 valence electrons. The molecular weight excluding hydrogens is 284 g/mol. The Bertz CT molecular complexity index is 713. The predicted molar refractivity (Wildman–Crippen MR) is 94.9 cm³/mol. The highest BCUT2D eigenvalue weighted by molar-refractivity contribution is 6.06. The molecule has 0 saturated carbocycles. The van der Waals surface area contributed by atoms with Crippen LogP contribution in [0.15, 0.2) is 36.4 Å². The number of nitrogens with zero attached hydrogens (tertiary/aromatic N) is 1. The second kappa shape index (κ2) is 6.55. The summed E-state index contributed by atoms with van der Waals surface area (Å²) in [5.41, 5.74) is 12.2. The molecule has 3 nitrogen and oxygen atoms in total. The third-order valence-electron chi connectivity index (χ3n) is 4.75. The number of amides is 1. The van der Waals surface area contributed by atoms with Crippen molar-refractivity contribution in [1.29, 1.82) is 0 Å². The van der Waals surface area contributed by atoms with Gasteiger partial charge in [-0.15, -0.1) is 0 Å². The molecule has 2 aromatic carbocycles. The predicted octanol–water partition coefficient (Wildman–Crippen LogP) is 3.75. The van der Waals surface area contributed by atoms with E-state index in [1.807, 2.05) is 36.9 Å². The molecule has 23 heavy (non-hydrogen) atoms. The molecule has 0 radical (unpaired) electrons. The standard InChI is InChI=1S/C20H24N2O/c1-14-11-17(12-15(2)18(14)13-21)20(23)22-10-6-5-8-16-7-3-4-9-19(16)22/h3-4,7,9,11-12H,5-6,8,10,13,21H2,1-2H3. The Labute approximate surface area is 138 Å². The van der Waals surface area contributed by atoms with Crippen LogP contribution < -0.4 is 10.6 Å². The first kappa shape index (κ1) is 15.8. The number of carbonyl (C=O) groups excluding carboxylic acids is 1. The molecule has 0 spiro atoms. The van der Waals surface area contributed by atoms with Gasteiger partial charge in [-0.1, -0.05) is 18.2 Å². The van der Waals surface area contributed by atoms with Crippen LogP contribution in [0.5, 0.6) is 0 Å². The van der Waals surface area contributed by atoms with E-state index in [1.165, 1.54) is 5.56 Å². The molecule has 3 rings (SSSR count). The van der Waals surface area contributed by atoms with Crippen LogP contribution in [0.3, 0.4) is 0 Å². The lowest BCUT2D eigenvalue weighted by Crippen LogP contribution is -2.32. The third-order valence-corrected chi connectivity index (χ3v) is 4.75. The number of benzene rings is 2. The molecule has 1 heterocycles. The summed E-state index contributed by atoms with van der Waals surface area (Å²) >= 11 is 0. The summed E-state index contributed by atoms with van der Waals surface area (Å²) in [5, 5.41) is 0. The van der Waals surface area contributed by atoms with Crippen molar-refractivity contribution in [2.75, 3.05) is 11.4 Å². The first-order valence-corrected chi connectivity index (χ1v) is 8.31. The summed E-state index contributed by atoms with van der Waals surface area (Å²) in [5.74, 6) is 0.0918. The van der Waals surface area contributed by atoms with Gasteiger partial charge in [-0.25, -0.2) is 0 Å². The van der Waals surface area contributed by atoms with Crippen molar-refractivity contribution in [1.82, 2.24) is 0 Å². The zero-order valence-corrected chi connectivity index (χ0v) is 13.9. The van der Waals surface area contributed by atoms with Gasteiger partial charge in [0.15, 0.2) is 0 Å². The summed E-state index contributed by atoms with van der Waals surface area (Å²) in [7, 11) is 0. The number of carbonyl (C=O) groups is 1. The highest BCUT2D eigenvalue weighted by Gasteiger charge is 2.22. The van der Waals surface area contributed by atoms with Gasteiger partial charge in [0, 0.05) is 24.3 Å². The van der Waals surface area contributed by atoms with Gasteiger partial charge in [-0.3, -0.25) is 4.79 Å². The van der Waals surface area contributed by atoms with Crippen LogP contribution in [0.2, 0.25) is 0 Å². The van der Waals surface area contributed by atoms with E-state index >= 15 is 0 Å². The maximum atomic E-state index is 13.1.